The van der Waals surface area contributed by atoms with Crippen molar-refractivity contribution in [2.45, 2.75) is 12.5 Å². The van der Waals surface area contributed by atoms with Gasteiger partial charge in [0, 0.05) is 17.7 Å². The Hall–Kier alpha value is -2.07. The maximum atomic E-state index is 14.1. The topological polar surface area (TPSA) is 44.5 Å². The second-order valence-electron chi connectivity index (χ2n) is 4.52. The number of hydrogen-bond donors (Lipinski definition) is 1. The van der Waals surface area contributed by atoms with E-state index in [4.69, 9.17) is 15.2 Å². The molecule has 0 aliphatic heterocycles. The molecule has 2 N–H and O–H groups in total. The minimum atomic E-state index is -0.433. The molecule has 2 rings (SSSR count). The van der Waals surface area contributed by atoms with Crippen molar-refractivity contribution in [2.75, 3.05) is 14.2 Å². The molecule has 2 aromatic carbocycles. The summed E-state index contributed by atoms with van der Waals surface area (Å²) < 4.78 is 24.3. The van der Waals surface area contributed by atoms with Gasteiger partial charge in [0.1, 0.15) is 5.82 Å². The Bertz CT molecular complexity index is 572. The molecule has 106 valence electrons. The van der Waals surface area contributed by atoms with Crippen molar-refractivity contribution in [1.29, 1.82) is 0 Å². The maximum Gasteiger partial charge on any atom is 0.163 e. The van der Waals surface area contributed by atoms with Gasteiger partial charge < -0.3 is 15.2 Å². The lowest BCUT2D eigenvalue weighted by Crippen LogP contribution is -2.15. The van der Waals surface area contributed by atoms with Gasteiger partial charge in [-0.15, -0.1) is 0 Å². The summed E-state index contributed by atoms with van der Waals surface area (Å²) in [6.07, 6.45) is 0.563. The van der Waals surface area contributed by atoms with Crippen LogP contribution < -0.4 is 15.2 Å². The first kappa shape index (κ1) is 14.3. The SMILES string of the molecule is COc1cc(F)c(C(N)Cc2ccccc2)cc1OC. The van der Waals surface area contributed by atoms with E-state index in [-0.39, 0.29) is 5.82 Å². The normalized spacial score (nSPS) is 12.0. The molecule has 0 bridgehead atoms. The van der Waals surface area contributed by atoms with E-state index in [1.807, 2.05) is 30.3 Å². The van der Waals surface area contributed by atoms with Gasteiger partial charge in [-0.05, 0) is 18.1 Å². The van der Waals surface area contributed by atoms with Crippen LogP contribution in [0.3, 0.4) is 0 Å². The van der Waals surface area contributed by atoms with Gasteiger partial charge in [0.25, 0.3) is 0 Å². The largest absolute Gasteiger partial charge is 0.493 e. The Morgan fingerprint density at radius 3 is 2.25 bits per heavy atom. The fourth-order valence-electron chi connectivity index (χ4n) is 2.13. The minimum absolute atomic E-state index is 0.362. The number of nitrogens with two attached hydrogens (primary N) is 1. The smallest absolute Gasteiger partial charge is 0.163 e. The highest BCUT2D eigenvalue weighted by Gasteiger charge is 2.16. The molecule has 0 saturated carbocycles. The van der Waals surface area contributed by atoms with Crippen LogP contribution >= 0.6 is 0 Å². The van der Waals surface area contributed by atoms with E-state index in [2.05, 4.69) is 0 Å². The molecule has 0 fully saturated rings. The van der Waals surface area contributed by atoms with Crippen LogP contribution in [0.1, 0.15) is 17.2 Å². The quantitative estimate of drug-likeness (QED) is 0.912. The first-order valence-corrected chi connectivity index (χ1v) is 6.36. The lowest BCUT2D eigenvalue weighted by atomic mass is 9.99. The van der Waals surface area contributed by atoms with E-state index in [0.717, 1.165) is 5.56 Å². The summed E-state index contributed by atoms with van der Waals surface area (Å²) in [7, 11) is 2.99. The molecule has 2 aromatic rings. The van der Waals surface area contributed by atoms with Crippen LogP contribution in [0, 0.1) is 5.82 Å². The molecule has 1 atom stereocenters. The summed E-state index contributed by atoms with van der Waals surface area (Å²) in [5.41, 5.74) is 7.59. The number of halogens is 1. The van der Waals surface area contributed by atoms with Crippen LogP contribution in [-0.4, -0.2) is 14.2 Å². The molecule has 4 heteroatoms. The van der Waals surface area contributed by atoms with E-state index in [0.29, 0.717) is 23.5 Å². The van der Waals surface area contributed by atoms with Gasteiger partial charge in [-0.3, -0.25) is 0 Å². The molecular formula is C16H18FNO2. The summed E-state index contributed by atoms with van der Waals surface area (Å²) in [6, 6.07) is 12.2. The van der Waals surface area contributed by atoms with Crippen LogP contribution in [0.5, 0.6) is 11.5 Å². The molecule has 0 aliphatic rings. The second-order valence-corrected chi connectivity index (χ2v) is 4.52. The van der Waals surface area contributed by atoms with Gasteiger partial charge in [0.2, 0.25) is 0 Å². The number of rotatable bonds is 5. The third-order valence-corrected chi connectivity index (χ3v) is 3.20. The molecule has 0 aliphatic carbocycles. The molecule has 0 radical (unpaired) electrons. The van der Waals surface area contributed by atoms with Gasteiger partial charge in [-0.2, -0.15) is 0 Å². The zero-order valence-electron chi connectivity index (χ0n) is 11.6. The minimum Gasteiger partial charge on any atom is -0.493 e. The Kier molecular flexibility index (Phi) is 4.58. The lowest BCUT2D eigenvalue weighted by Gasteiger charge is -2.16. The Balaban J connectivity index is 2.27. The number of benzene rings is 2. The van der Waals surface area contributed by atoms with E-state index < -0.39 is 6.04 Å². The highest BCUT2D eigenvalue weighted by Crippen LogP contribution is 2.32. The summed E-state index contributed by atoms with van der Waals surface area (Å²) in [5, 5.41) is 0. The number of ether oxygens (including phenoxy) is 2. The van der Waals surface area contributed by atoms with E-state index in [9.17, 15) is 4.39 Å². The van der Waals surface area contributed by atoms with Gasteiger partial charge in [-0.1, -0.05) is 30.3 Å². The zero-order chi connectivity index (χ0) is 14.5. The summed E-state index contributed by atoms with van der Waals surface area (Å²) >= 11 is 0. The van der Waals surface area contributed by atoms with Crippen molar-refractivity contribution in [2.24, 2.45) is 5.73 Å². The second kappa shape index (κ2) is 6.39. The monoisotopic (exact) mass is 275 g/mol. The predicted molar refractivity (Wildman–Crippen MR) is 76.6 cm³/mol. The van der Waals surface area contributed by atoms with E-state index in [1.54, 1.807) is 6.07 Å². The van der Waals surface area contributed by atoms with Crippen molar-refractivity contribution in [1.82, 2.24) is 0 Å². The third-order valence-electron chi connectivity index (χ3n) is 3.20. The summed E-state index contributed by atoms with van der Waals surface area (Å²) in [6.45, 7) is 0. The molecular weight excluding hydrogens is 257 g/mol. The molecule has 20 heavy (non-hydrogen) atoms. The van der Waals surface area contributed by atoms with Crippen LogP contribution in [0.4, 0.5) is 4.39 Å². The van der Waals surface area contributed by atoms with Crippen molar-refractivity contribution in [3.8, 4) is 11.5 Å². The van der Waals surface area contributed by atoms with Crippen LogP contribution in [0.15, 0.2) is 42.5 Å². The predicted octanol–water partition coefficient (Wildman–Crippen LogP) is 3.09. The highest BCUT2D eigenvalue weighted by molar-refractivity contribution is 5.45. The number of hydrogen-bond acceptors (Lipinski definition) is 3. The first-order chi connectivity index (χ1) is 9.65. The van der Waals surface area contributed by atoms with Gasteiger partial charge >= 0.3 is 0 Å². The van der Waals surface area contributed by atoms with Gasteiger partial charge in [0.15, 0.2) is 11.5 Å². The maximum absolute atomic E-state index is 14.1. The summed E-state index contributed by atoms with van der Waals surface area (Å²) in [4.78, 5) is 0. The molecule has 3 nitrogen and oxygen atoms in total. The molecule has 1 unspecified atom stereocenters. The molecule has 0 heterocycles. The zero-order valence-corrected chi connectivity index (χ0v) is 11.6. The Labute approximate surface area is 118 Å². The van der Waals surface area contributed by atoms with E-state index in [1.165, 1.54) is 20.3 Å². The fourth-order valence-corrected chi connectivity index (χ4v) is 2.13. The van der Waals surface area contributed by atoms with Crippen molar-refractivity contribution >= 4 is 0 Å². The fraction of sp³-hybridized carbons (Fsp3) is 0.250. The molecule has 0 saturated heterocycles. The summed E-state index contributed by atoms with van der Waals surface area (Å²) in [5.74, 6) is 0.458. The number of methoxy groups -OCH3 is 2. The Morgan fingerprint density at radius 1 is 1.05 bits per heavy atom. The standard InChI is InChI=1S/C16H18FNO2/c1-19-15-9-12(13(17)10-16(15)20-2)14(18)8-11-6-4-3-5-7-11/h3-7,9-10,14H,8,18H2,1-2H3. The van der Waals surface area contributed by atoms with E-state index >= 15 is 0 Å². The molecule has 0 spiro atoms. The average molecular weight is 275 g/mol. The first-order valence-electron chi connectivity index (χ1n) is 6.36. The lowest BCUT2D eigenvalue weighted by molar-refractivity contribution is 0.351. The molecule has 0 aromatic heterocycles. The van der Waals surface area contributed by atoms with Crippen LogP contribution in [0.2, 0.25) is 0 Å². The van der Waals surface area contributed by atoms with Crippen LogP contribution in [-0.2, 0) is 6.42 Å². The van der Waals surface area contributed by atoms with Crippen molar-refractivity contribution in [3.05, 3.63) is 59.4 Å². The molecule has 0 amide bonds. The van der Waals surface area contributed by atoms with Crippen molar-refractivity contribution < 1.29 is 13.9 Å². The average Bonchev–Trinajstić information content (AvgIpc) is 2.47. The highest BCUT2D eigenvalue weighted by atomic mass is 19.1. The Morgan fingerprint density at radius 2 is 1.65 bits per heavy atom. The van der Waals surface area contributed by atoms with Gasteiger partial charge in [-0.25, -0.2) is 4.39 Å². The van der Waals surface area contributed by atoms with Crippen molar-refractivity contribution in [3.63, 3.8) is 0 Å². The third kappa shape index (κ3) is 3.08. The van der Waals surface area contributed by atoms with Gasteiger partial charge in [0.05, 0.1) is 14.2 Å². The van der Waals surface area contributed by atoms with Crippen LogP contribution in [0.25, 0.3) is 0 Å².